The molecule has 1 fully saturated rings. The highest BCUT2D eigenvalue weighted by Crippen LogP contribution is 2.11. The van der Waals surface area contributed by atoms with Crippen LogP contribution in [-0.4, -0.2) is 41.5 Å². The summed E-state index contributed by atoms with van der Waals surface area (Å²) in [5, 5.41) is 3.00. The third-order valence-electron chi connectivity index (χ3n) is 3.86. The Morgan fingerprint density at radius 3 is 2.90 bits per heavy atom. The molecule has 110 valence electrons. The molecule has 0 bridgehead atoms. The minimum absolute atomic E-state index is 0.0500. The molecule has 1 amide bonds. The van der Waals surface area contributed by atoms with E-state index in [4.69, 9.17) is 5.73 Å². The van der Waals surface area contributed by atoms with Gasteiger partial charge in [0.05, 0.1) is 5.69 Å². The lowest BCUT2D eigenvalue weighted by Crippen LogP contribution is -2.44. The number of piperidine rings is 1. The Hall–Kier alpha value is -1.46. The van der Waals surface area contributed by atoms with Crippen molar-refractivity contribution in [3.8, 4) is 0 Å². The summed E-state index contributed by atoms with van der Waals surface area (Å²) in [7, 11) is 0. The predicted octanol–water partition coefficient (Wildman–Crippen LogP) is 1.14. The van der Waals surface area contributed by atoms with E-state index in [0.29, 0.717) is 24.7 Å². The number of carbonyl (C=O) groups is 1. The quantitative estimate of drug-likeness (QED) is 0.846. The smallest absolute Gasteiger partial charge is 0.251 e. The van der Waals surface area contributed by atoms with Gasteiger partial charge in [-0.05, 0) is 45.0 Å². The van der Waals surface area contributed by atoms with Crippen molar-refractivity contribution in [1.29, 1.82) is 0 Å². The molecule has 2 heterocycles. The molecule has 20 heavy (non-hydrogen) atoms. The fraction of sp³-hybridized carbons (Fsp3) is 0.600. The van der Waals surface area contributed by atoms with E-state index in [2.05, 4.69) is 22.1 Å². The molecule has 2 rings (SSSR count). The summed E-state index contributed by atoms with van der Waals surface area (Å²) >= 11 is 0. The van der Waals surface area contributed by atoms with Crippen LogP contribution < -0.4 is 11.1 Å². The van der Waals surface area contributed by atoms with Crippen molar-refractivity contribution in [2.24, 2.45) is 5.73 Å². The maximum atomic E-state index is 12.1. The van der Waals surface area contributed by atoms with Crippen LogP contribution in [0.1, 0.15) is 42.2 Å². The minimum atomic E-state index is -0.0500. The van der Waals surface area contributed by atoms with E-state index >= 15 is 0 Å². The van der Waals surface area contributed by atoms with Gasteiger partial charge >= 0.3 is 0 Å². The van der Waals surface area contributed by atoms with E-state index in [1.807, 2.05) is 0 Å². The Morgan fingerprint density at radius 2 is 2.20 bits per heavy atom. The van der Waals surface area contributed by atoms with E-state index in [-0.39, 0.29) is 5.91 Å². The van der Waals surface area contributed by atoms with Crippen LogP contribution in [0.25, 0.3) is 0 Å². The Labute approximate surface area is 120 Å². The van der Waals surface area contributed by atoms with Gasteiger partial charge in [0.1, 0.15) is 0 Å². The minimum Gasteiger partial charge on any atom is -0.350 e. The molecule has 1 saturated heterocycles. The summed E-state index contributed by atoms with van der Waals surface area (Å²) < 4.78 is 0. The number of nitrogens with one attached hydrogen (secondary N) is 1. The molecule has 3 N–H and O–H groups in total. The molecule has 1 aliphatic rings. The first-order valence-electron chi connectivity index (χ1n) is 7.38. The van der Waals surface area contributed by atoms with Gasteiger partial charge < -0.3 is 11.1 Å². The third-order valence-corrected chi connectivity index (χ3v) is 3.86. The molecule has 1 aromatic rings. The number of nitrogens with two attached hydrogens (primary N) is 1. The van der Waals surface area contributed by atoms with Gasteiger partial charge in [0.25, 0.3) is 5.91 Å². The lowest BCUT2D eigenvalue weighted by Gasteiger charge is -2.32. The number of hydrogen-bond donors (Lipinski definition) is 2. The van der Waals surface area contributed by atoms with Crippen molar-refractivity contribution in [2.75, 3.05) is 19.6 Å². The zero-order chi connectivity index (χ0) is 14.4. The molecule has 0 aliphatic carbocycles. The van der Waals surface area contributed by atoms with E-state index in [0.717, 1.165) is 18.8 Å². The third kappa shape index (κ3) is 4.02. The summed E-state index contributed by atoms with van der Waals surface area (Å²) in [6.07, 6.45) is 5.49. The van der Waals surface area contributed by atoms with E-state index in [1.165, 1.54) is 19.3 Å². The number of rotatable bonds is 5. The highest BCUT2D eigenvalue weighted by molar-refractivity contribution is 5.94. The highest BCUT2D eigenvalue weighted by Gasteiger charge is 2.17. The predicted molar refractivity (Wildman–Crippen MR) is 79.3 cm³/mol. The van der Waals surface area contributed by atoms with Crippen LogP contribution in [0.4, 0.5) is 0 Å². The van der Waals surface area contributed by atoms with Crippen LogP contribution in [0.2, 0.25) is 0 Å². The van der Waals surface area contributed by atoms with Crippen LogP contribution in [0.15, 0.2) is 18.3 Å². The van der Waals surface area contributed by atoms with Gasteiger partial charge in [0.2, 0.25) is 0 Å². The van der Waals surface area contributed by atoms with Crippen molar-refractivity contribution < 1.29 is 4.79 Å². The molecule has 1 aromatic heterocycles. The Morgan fingerprint density at radius 1 is 1.45 bits per heavy atom. The molecule has 1 aliphatic heterocycles. The Balaban J connectivity index is 1.84. The Kier molecular flexibility index (Phi) is 5.49. The van der Waals surface area contributed by atoms with Crippen molar-refractivity contribution in [3.63, 3.8) is 0 Å². The van der Waals surface area contributed by atoms with Gasteiger partial charge in [-0.25, -0.2) is 0 Å². The number of pyridine rings is 1. The zero-order valence-corrected chi connectivity index (χ0v) is 12.1. The average molecular weight is 276 g/mol. The van der Waals surface area contributed by atoms with E-state index in [1.54, 1.807) is 18.3 Å². The van der Waals surface area contributed by atoms with Crippen LogP contribution >= 0.6 is 0 Å². The maximum Gasteiger partial charge on any atom is 0.251 e. The molecule has 0 spiro atoms. The SMILES string of the molecule is CC(CNC(=O)c1ccnc(CN)c1)N1CCCCC1. The maximum absolute atomic E-state index is 12.1. The van der Waals surface area contributed by atoms with E-state index < -0.39 is 0 Å². The van der Waals surface area contributed by atoms with Gasteiger partial charge in [0.15, 0.2) is 0 Å². The fourth-order valence-corrected chi connectivity index (χ4v) is 2.56. The van der Waals surface area contributed by atoms with Gasteiger partial charge in [0, 0.05) is 30.9 Å². The summed E-state index contributed by atoms with van der Waals surface area (Å²) in [5.74, 6) is -0.0500. The van der Waals surface area contributed by atoms with E-state index in [9.17, 15) is 4.79 Å². The van der Waals surface area contributed by atoms with Crippen molar-refractivity contribution >= 4 is 5.91 Å². The molecule has 1 unspecified atom stereocenters. The highest BCUT2D eigenvalue weighted by atomic mass is 16.1. The molecule has 0 radical (unpaired) electrons. The number of aromatic nitrogens is 1. The second kappa shape index (κ2) is 7.36. The first-order valence-corrected chi connectivity index (χ1v) is 7.38. The molecular formula is C15H24N4O. The van der Waals surface area contributed by atoms with Crippen LogP contribution in [0.3, 0.4) is 0 Å². The fourth-order valence-electron chi connectivity index (χ4n) is 2.56. The number of amides is 1. The molecule has 0 aromatic carbocycles. The van der Waals surface area contributed by atoms with Crippen LogP contribution in [0.5, 0.6) is 0 Å². The standard InChI is InChI=1S/C15H24N4O/c1-12(19-7-3-2-4-8-19)11-18-15(20)13-5-6-17-14(9-13)10-16/h5-6,9,12H,2-4,7-8,10-11,16H2,1H3,(H,18,20). The lowest BCUT2D eigenvalue weighted by atomic mass is 10.1. The summed E-state index contributed by atoms with van der Waals surface area (Å²) in [6, 6.07) is 3.86. The van der Waals surface area contributed by atoms with Crippen LogP contribution in [-0.2, 0) is 6.54 Å². The molecular weight excluding hydrogens is 252 g/mol. The molecule has 0 saturated carbocycles. The van der Waals surface area contributed by atoms with Crippen LogP contribution in [0, 0.1) is 0 Å². The van der Waals surface area contributed by atoms with Crippen molar-refractivity contribution in [2.45, 2.75) is 38.8 Å². The van der Waals surface area contributed by atoms with Crippen molar-refractivity contribution in [3.05, 3.63) is 29.6 Å². The number of carbonyl (C=O) groups excluding carboxylic acids is 1. The monoisotopic (exact) mass is 276 g/mol. The summed E-state index contributed by atoms with van der Waals surface area (Å²) in [6.45, 7) is 5.49. The lowest BCUT2D eigenvalue weighted by molar-refractivity contribution is 0.0930. The number of nitrogens with zero attached hydrogens (tertiary/aromatic N) is 2. The normalized spacial score (nSPS) is 17.7. The number of hydrogen-bond acceptors (Lipinski definition) is 4. The largest absolute Gasteiger partial charge is 0.350 e. The van der Waals surface area contributed by atoms with Crippen molar-refractivity contribution in [1.82, 2.24) is 15.2 Å². The first kappa shape index (κ1) is 14.9. The number of likely N-dealkylation sites (tertiary alicyclic amines) is 1. The molecule has 5 nitrogen and oxygen atoms in total. The van der Waals surface area contributed by atoms with Gasteiger partial charge in [-0.1, -0.05) is 6.42 Å². The second-order valence-electron chi connectivity index (χ2n) is 5.40. The summed E-state index contributed by atoms with van der Waals surface area (Å²) in [5.41, 5.74) is 6.91. The van der Waals surface area contributed by atoms with Gasteiger partial charge in [-0.2, -0.15) is 0 Å². The first-order chi connectivity index (χ1) is 9.70. The molecule has 5 heteroatoms. The Bertz CT molecular complexity index is 443. The topological polar surface area (TPSA) is 71.2 Å². The average Bonchev–Trinajstić information content (AvgIpc) is 2.53. The second-order valence-corrected chi connectivity index (χ2v) is 5.40. The summed E-state index contributed by atoms with van der Waals surface area (Å²) in [4.78, 5) is 18.6. The molecule has 1 atom stereocenters. The zero-order valence-electron chi connectivity index (χ0n) is 12.1. The van der Waals surface area contributed by atoms with Gasteiger partial charge in [-0.15, -0.1) is 0 Å². The van der Waals surface area contributed by atoms with Gasteiger partial charge in [-0.3, -0.25) is 14.7 Å².